The van der Waals surface area contributed by atoms with Crippen LogP contribution in [0.25, 0.3) is 0 Å². The van der Waals surface area contributed by atoms with Crippen LogP contribution in [0.2, 0.25) is 0 Å². The lowest BCUT2D eigenvalue weighted by atomic mass is 10.0. The number of aryl methyl sites for hydroxylation is 3. The lowest BCUT2D eigenvalue weighted by Crippen LogP contribution is -2.28. The maximum absolute atomic E-state index is 13.5. The van der Waals surface area contributed by atoms with Crippen molar-refractivity contribution in [2.45, 2.75) is 24.7 Å². The van der Waals surface area contributed by atoms with Crippen molar-refractivity contribution in [1.29, 1.82) is 0 Å². The Morgan fingerprint density at radius 2 is 1.43 bits per heavy atom. The molecular formula is C30H26N2O2S. The normalized spacial score (nSPS) is 12.3. The van der Waals surface area contributed by atoms with Crippen LogP contribution in [0.5, 0.6) is 0 Å². The average molecular weight is 479 g/mol. The molecule has 4 aromatic rings. The molecule has 0 aliphatic carbocycles. The molecule has 0 fully saturated rings. The van der Waals surface area contributed by atoms with Gasteiger partial charge in [0.1, 0.15) is 0 Å². The average Bonchev–Trinajstić information content (AvgIpc) is 3.05. The predicted molar refractivity (Wildman–Crippen MR) is 144 cm³/mol. The standard InChI is InChI=1S/C30H26N2O2S/c1-21-7-6-10-24(19-21)30(34)31-25-15-17-26(18-16-25)35-20-29(33)32-27-11-4-2-8-22(27)13-14-23-9-3-5-12-28(23)32/h2-12,15-19H,13-14,20H2,1H3,(H,31,34). The molecular weight excluding hydrogens is 452 g/mol. The molecule has 35 heavy (non-hydrogen) atoms. The Morgan fingerprint density at radius 1 is 0.800 bits per heavy atom. The topological polar surface area (TPSA) is 49.4 Å². The number of para-hydroxylation sites is 2. The number of nitrogens with one attached hydrogen (secondary N) is 1. The molecule has 4 aromatic carbocycles. The maximum atomic E-state index is 13.5. The largest absolute Gasteiger partial charge is 0.322 e. The minimum Gasteiger partial charge on any atom is -0.322 e. The highest BCUT2D eigenvalue weighted by Crippen LogP contribution is 2.36. The molecule has 1 N–H and O–H groups in total. The molecule has 0 aromatic heterocycles. The summed E-state index contributed by atoms with van der Waals surface area (Å²) in [7, 11) is 0. The Bertz CT molecular complexity index is 1330. The predicted octanol–water partition coefficient (Wildman–Crippen LogP) is 6.80. The number of carbonyl (C=O) groups is 2. The fourth-order valence-corrected chi connectivity index (χ4v) is 5.13. The highest BCUT2D eigenvalue weighted by atomic mass is 32.2. The number of fused-ring (bicyclic) bond motifs is 2. The van der Waals surface area contributed by atoms with Gasteiger partial charge >= 0.3 is 0 Å². The third-order valence-electron chi connectivity index (χ3n) is 6.13. The molecule has 1 aliphatic rings. The Labute approximate surface area is 210 Å². The van der Waals surface area contributed by atoms with E-state index in [4.69, 9.17) is 0 Å². The molecule has 0 unspecified atom stereocenters. The van der Waals surface area contributed by atoms with Crippen LogP contribution >= 0.6 is 11.8 Å². The molecule has 1 heterocycles. The van der Waals surface area contributed by atoms with Gasteiger partial charge in [-0.1, -0.05) is 54.1 Å². The fourth-order valence-electron chi connectivity index (χ4n) is 4.38. The monoisotopic (exact) mass is 478 g/mol. The number of rotatable bonds is 5. The maximum Gasteiger partial charge on any atom is 0.255 e. The summed E-state index contributed by atoms with van der Waals surface area (Å²) < 4.78 is 0. The van der Waals surface area contributed by atoms with E-state index < -0.39 is 0 Å². The molecule has 1 aliphatic heterocycles. The smallest absolute Gasteiger partial charge is 0.255 e. The van der Waals surface area contributed by atoms with Crippen LogP contribution in [0.3, 0.4) is 0 Å². The number of thioether (sulfide) groups is 1. The van der Waals surface area contributed by atoms with E-state index in [0.717, 1.165) is 40.4 Å². The molecule has 174 valence electrons. The Kier molecular flexibility index (Phi) is 6.68. The van der Waals surface area contributed by atoms with Crippen molar-refractivity contribution in [1.82, 2.24) is 0 Å². The van der Waals surface area contributed by atoms with Gasteiger partial charge in [0.2, 0.25) is 5.91 Å². The molecule has 2 amide bonds. The van der Waals surface area contributed by atoms with Crippen LogP contribution in [0.15, 0.2) is 102 Å². The van der Waals surface area contributed by atoms with Crippen molar-refractivity contribution < 1.29 is 9.59 Å². The second kappa shape index (κ2) is 10.2. The van der Waals surface area contributed by atoms with E-state index in [9.17, 15) is 9.59 Å². The Hall–Kier alpha value is -3.83. The van der Waals surface area contributed by atoms with Gasteiger partial charge in [0.15, 0.2) is 0 Å². The minimum atomic E-state index is -0.136. The van der Waals surface area contributed by atoms with Crippen molar-refractivity contribution in [2.24, 2.45) is 0 Å². The first-order chi connectivity index (χ1) is 17.1. The molecule has 0 spiro atoms. The van der Waals surface area contributed by atoms with Crippen LogP contribution in [0, 0.1) is 6.92 Å². The van der Waals surface area contributed by atoms with E-state index in [2.05, 4.69) is 17.4 Å². The van der Waals surface area contributed by atoms with Gasteiger partial charge in [0.05, 0.1) is 17.1 Å². The molecule has 4 nitrogen and oxygen atoms in total. The zero-order valence-corrected chi connectivity index (χ0v) is 20.3. The van der Waals surface area contributed by atoms with Crippen molar-refractivity contribution in [3.05, 3.63) is 119 Å². The van der Waals surface area contributed by atoms with E-state index >= 15 is 0 Å². The molecule has 5 heteroatoms. The SMILES string of the molecule is Cc1cccc(C(=O)Nc2ccc(SCC(=O)N3c4ccccc4CCc4ccccc43)cc2)c1. The molecule has 0 saturated heterocycles. The molecule has 0 atom stereocenters. The number of nitrogens with zero attached hydrogens (tertiary/aromatic N) is 1. The number of carbonyl (C=O) groups excluding carboxylic acids is 2. The van der Waals surface area contributed by atoms with Gasteiger partial charge in [0, 0.05) is 16.1 Å². The fraction of sp³-hybridized carbons (Fsp3) is 0.133. The Morgan fingerprint density at radius 3 is 2.06 bits per heavy atom. The summed E-state index contributed by atoms with van der Waals surface area (Å²) in [5.74, 6) is 0.230. The second-order valence-electron chi connectivity index (χ2n) is 8.62. The van der Waals surface area contributed by atoms with Gasteiger partial charge in [-0.05, 0) is 79.4 Å². The summed E-state index contributed by atoms with van der Waals surface area (Å²) >= 11 is 1.50. The first-order valence-electron chi connectivity index (χ1n) is 11.7. The van der Waals surface area contributed by atoms with Crippen LogP contribution < -0.4 is 10.2 Å². The molecule has 0 saturated carbocycles. The van der Waals surface area contributed by atoms with Crippen molar-refractivity contribution in [2.75, 3.05) is 16.0 Å². The van der Waals surface area contributed by atoms with Gasteiger partial charge in [0.25, 0.3) is 5.91 Å². The third kappa shape index (κ3) is 5.15. The zero-order chi connectivity index (χ0) is 24.2. The number of benzene rings is 4. The third-order valence-corrected chi connectivity index (χ3v) is 7.13. The quantitative estimate of drug-likeness (QED) is 0.321. The summed E-state index contributed by atoms with van der Waals surface area (Å²) in [4.78, 5) is 28.9. The van der Waals surface area contributed by atoms with E-state index in [0.29, 0.717) is 11.3 Å². The number of anilines is 3. The number of hydrogen-bond acceptors (Lipinski definition) is 3. The van der Waals surface area contributed by atoms with E-state index in [-0.39, 0.29) is 11.8 Å². The molecule has 0 bridgehead atoms. The molecule has 0 radical (unpaired) electrons. The highest BCUT2D eigenvalue weighted by molar-refractivity contribution is 8.00. The van der Waals surface area contributed by atoms with Gasteiger partial charge in [-0.2, -0.15) is 0 Å². The Balaban J connectivity index is 1.28. The summed E-state index contributed by atoms with van der Waals surface area (Å²) in [6.45, 7) is 1.97. The summed E-state index contributed by atoms with van der Waals surface area (Å²) in [6.07, 6.45) is 1.83. The molecule has 5 rings (SSSR count). The lowest BCUT2D eigenvalue weighted by molar-refractivity contribution is -0.115. The first kappa shape index (κ1) is 22.9. The van der Waals surface area contributed by atoms with Crippen LogP contribution in [0.1, 0.15) is 27.0 Å². The van der Waals surface area contributed by atoms with Gasteiger partial charge < -0.3 is 5.32 Å². The van der Waals surface area contributed by atoms with Crippen LogP contribution in [0.4, 0.5) is 17.1 Å². The second-order valence-corrected chi connectivity index (χ2v) is 9.67. The van der Waals surface area contributed by atoms with E-state index in [1.54, 1.807) is 6.07 Å². The number of amides is 2. The minimum absolute atomic E-state index is 0.0497. The van der Waals surface area contributed by atoms with E-state index in [1.807, 2.05) is 90.7 Å². The number of hydrogen-bond donors (Lipinski definition) is 1. The van der Waals surface area contributed by atoms with E-state index in [1.165, 1.54) is 22.9 Å². The van der Waals surface area contributed by atoms with Crippen LogP contribution in [-0.2, 0) is 17.6 Å². The summed E-state index contributed by atoms with van der Waals surface area (Å²) in [5, 5.41) is 2.93. The summed E-state index contributed by atoms with van der Waals surface area (Å²) in [6, 6.07) is 31.5. The van der Waals surface area contributed by atoms with Crippen molar-refractivity contribution >= 4 is 40.6 Å². The van der Waals surface area contributed by atoms with Gasteiger partial charge in [-0.3, -0.25) is 14.5 Å². The van der Waals surface area contributed by atoms with Gasteiger partial charge in [-0.25, -0.2) is 0 Å². The first-order valence-corrected chi connectivity index (χ1v) is 12.7. The van der Waals surface area contributed by atoms with Crippen molar-refractivity contribution in [3.8, 4) is 0 Å². The van der Waals surface area contributed by atoms with Crippen LogP contribution in [-0.4, -0.2) is 17.6 Å². The van der Waals surface area contributed by atoms with Gasteiger partial charge in [-0.15, -0.1) is 11.8 Å². The zero-order valence-electron chi connectivity index (χ0n) is 19.5. The van der Waals surface area contributed by atoms with Crippen molar-refractivity contribution in [3.63, 3.8) is 0 Å². The summed E-state index contributed by atoms with van der Waals surface area (Å²) in [5.41, 5.74) is 6.72. The lowest BCUT2D eigenvalue weighted by Gasteiger charge is -2.25. The highest BCUT2D eigenvalue weighted by Gasteiger charge is 2.25.